The first-order valence-corrected chi connectivity index (χ1v) is 7.72. The maximum Gasteiger partial charge on any atom is 0.315 e. The summed E-state index contributed by atoms with van der Waals surface area (Å²) >= 11 is 4.98. The van der Waals surface area contributed by atoms with Crippen LogP contribution in [0.2, 0.25) is 0 Å². The number of amides is 2. The number of carboxylic acid groups (broad SMARTS) is 1. The van der Waals surface area contributed by atoms with E-state index >= 15 is 0 Å². The van der Waals surface area contributed by atoms with Crippen molar-refractivity contribution in [3.05, 3.63) is 20.8 Å². The first kappa shape index (κ1) is 16.0. The molecule has 0 bridgehead atoms. The number of thiophene rings is 1. The van der Waals surface area contributed by atoms with Crippen LogP contribution < -0.4 is 10.6 Å². The SMILES string of the molecule is O=C(O)CCCCCNC(=O)NCc1sccc1Br. The normalized spacial score (nSPS) is 10.2. The molecule has 0 aliphatic heterocycles. The van der Waals surface area contributed by atoms with Gasteiger partial charge in [-0.3, -0.25) is 4.79 Å². The summed E-state index contributed by atoms with van der Waals surface area (Å²) in [7, 11) is 0. The van der Waals surface area contributed by atoms with Gasteiger partial charge in [-0.15, -0.1) is 11.3 Å². The van der Waals surface area contributed by atoms with Gasteiger partial charge in [-0.25, -0.2) is 4.79 Å². The quantitative estimate of drug-likeness (QED) is 0.632. The Morgan fingerprint density at radius 2 is 2.05 bits per heavy atom. The standard InChI is InChI=1S/C12H17BrN2O3S/c13-9-5-7-19-10(9)8-15-12(18)14-6-3-1-2-4-11(16)17/h5,7H,1-4,6,8H2,(H,16,17)(H2,14,15,18). The van der Waals surface area contributed by atoms with Crippen LogP contribution in [0.15, 0.2) is 15.9 Å². The third kappa shape index (κ3) is 7.17. The fourth-order valence-electron chi connectivity index (χ4n) is 1.45. The topological polar surface area (TPSA) is 78.4 Å². The number of halogens is 1. The molecule has 0 aromatic carbocycles. The van der Waals surface area contributed by atoms with Crippen LogP contribution in [-0.2, 0) is 11.3 Å². The minimum absolute atomic E-state index is 0.193. The minimum atomic E-state index is -0.771. The zero-order valence-electron chi connectivity index (χ0n) is 10.4. The summed E-state index contributed by atoms with van der Waals surface area (Å²) in [5, 5.41) is 15.9. The summed E-state index contributed by atoms with van der Waals surface area (Å²) in [4.78, 5) is 22.8. The maximum absolute atomic E-state index is 11.5. The fraction of sp³-hybridized carbons (Fsp3) is 0.500. The lowest BCUT2D eigenvalue weighted by Gasteiger charge is -2.06. The van der Waals surface area contributed by atoms with E-state index in [2.05, 4.69) is 26.6 Å². The Balaban J connectivity index is 2.02. The second-order valence-corrected chi connectivity index (χ2v) is 5.86. The molecule has 0 saturated heterocycles. The van der Waals surface area contributed by atoms with Crippen molar-refractivity contribution < 1.29 is 14.7 Å². The van der Waals surface area contributed by atoms with Gasteiger partial charge < -0.3 is 15.7 Å². The summed E-state index contributed by atoms with van der Waals surface area (Å²) < 4.78 is 1.01. The molecule has 0 atom stereocenters. The second kappa shape index (κ2) is 8.92. The summed E-state index contributed by atoms with van der Waals surface area (Å²) in [6.45, 7) is 1.07. The third-order valence-corrected chi connectivity index (χ3v) is 4.38. The third-order valence-electron chi connectivity index (χ3n) is 2.45. The molecule has 1 aromatic rings. The minimum Gasteiger partial charge on any atom is -0.481 e. The smallest absolute Gasteiger partial charge is 0.315 e. The number of hydrogen-bond donors (Lipinski definition) is 3. The Hall–Kier alpha value is -1.08. The van der Waals surface area contributed by atoms with E-state index in [0.717, 1.165) is 22.2 Å². The highest BCUT2D eigenvalue weighted by Crippen LogP contribution is 2.21. The van der Waals surface area contributed by atoms with Crippen LogP contribution >= 0.6 is 27.3 Å². The fourth-order valence-corrected chi connectivity index (χ4v) is 2.89. The molecule has 0 saturated carbocycles. The second-order valence-electron chi connectivity index (χ2n) is 4.01. The Bertz CT molecular complexity index is 423. The molecule has 7 heteroatoms. The van der Waals surface area contributed by atoms with E-state index in [0.29, 0.717) is 19.5 Å². The zero-order chi connectivity index (χ0) is 14.1. The highest BCUT2D eigenvalue weighted by Gasteiger charge is 2.04. The lowest BCUT2D eigenvalue weighted by molar-refractivity contribution is -0.137. The van der Waals surface area contributed by atoms with Crippen molar-refractivity contribution in [2.45, 2.75) is 32.2 Å². The van der Waals surface area contributed by atoms with Gasteiger partial charge in [-0.05, 0) is 40.2 Å². The predicted octanol–water partition coefficient (Wildman–Crippen LogP) is 2.95. The van der Waals surface area contributed by atoms with E-state index < -0.39 is 5.97 Å². The van der Waals surface area contributed by atoms with E-state index in [9.17, 15) is 9.59 Å². The lowest BCUT2D eigenvalue weighted by atomic mass is 10.2. The van der Waals surface area contributed by atoms with Crippen LogP contribution in [-0.4, -0.2) is 23.7 Å². The van der Waals surface area contributed by atoms with Crippen LogP contribution in [0.25, 0.3) is 0 Å². The molecule has 2 amide bonds. The number of carboxylic acids is 1. The van der Waals surface area contributed by atoms with E-state index in [-0.39, 0.29) is 12.5 Å². The number of urea groups is 1. The van der Waals surface area contributed by atoms with Crippen LogP contribution in [0, 0.1) is 0 Å². The number of aliphatic carboxylic acids is 1. The number of unbranched alkanes of at least 4 members (excludes halogenated alkanes) is 2. The average Bonchev–Trinajstić information content (AvgIpc) is 2.76. The molecule has 1 aromatic heterocycles. The van der Waals surface area contributed by atoms with Gasteiger partial charge in [0.1, 0.15) is 0 Å². The molecular weight excluding hydrogens is 332 g/mol. The van der Waals surface area contributed by atoms with Gasteiger partial charge in [0.05, 0.1) is 6.54 Å². The molecule has 5 nitrogen and oxygen atoms in total. The summed E-state index contributed by atoms with van der Waals surface area (Å²) in [6, 6.07) is 1.75. The van der Waals surface area contributed by atoms with E-state index in [1.54, 1.807) is 11.3 Å². The van der Waals surface area contributed by atoms with Crippen LogP contribution in [0.5, 0.6) is 0 Å². The number of carbonyl (C=O) groups excluding carboxylic acids is 1. The van der Waals surface area contributed by atoms with Crippen LogP contribution in [0.4, 0.5) is 4.79 Å². The monoisotopic (exact) mass is 348 g/mol. The molecule has 19 heavy (non-hydrogen) atoms. The largest absolute Gasteiger partial charge is 0.481 e. The number of carbonyl (C=O) groups is 2. The number of nitrogens with one attached hydrogen (secondary N) is 2. The highest BCUT2D eigenvalue weighted by molar-refractivity contribution is 9.10. The molecule has 1 heterocycles. The average molecular weight is 349 g/mol. The van der Waals surface area contributed by atoms with Crippen molar-refractivity contribution in [1.29, 1.82) is 0 Å². The van der Waals surface area contributed by atoms with Crippen molar-refractivity contribution >= 4 is 39.3 Å². The first-order valence-electron chi connectivity index (χ1n) is 6.05. The Morgan fingerprint density at radius 3 is 2.68 bits per heavy atom. The van der Waals surface area contributed by atoms with Crippen molar-refractivity contribution in [1.82, 2.24) is 10.6 Å². The molecule has 0 fully saturated rings. The predicted molar refractivity (Wildman–Crippen MR) is 78.4 cm³/mol. The van der Waals surface area contributed by atoms with E-state index in [4.69, 9.17) is 5.11 Å². The van der Waals surface area contributed by atoms with Gasteiger partial charge >= 0.3 is 12.0 Å². The molecular formula is C12H17BrN2O3S. The number of hydrogen-bond acceptors (Lipinski definition) is 3. The molecule has 0 spiro atoms. The van der Waals surface area contributed by atoms with Crippen molar-refractivity contribution in [3.63, 3.8) is 0 Å². The van der Waals surface area contributed by atoms with Crippen molar-refractivity contribution in [2.75, 3.05) is 6.54 Å². The van der Waals surface area contributed by atoms with E-state index in [1.807, 2.05) is 11.4 Å². The molecule has 1 rings (SSSR count). The highest BCUT2D eigenvalue weighted by atomic mass is 79.9. The lowest BCUT2D eigenvalue weighted by Crippen LogP contribution is -2.35. The Kier molecular flexibility index (Phi) is 7.50. The van der Waals surface area contributed by atoms with Crippen LogP contribution in [0.1, 0.15) is 30.6 Å². The van der Waals surface area contributed by atoms with Gasteiger partial charge in [-0.1, -0.05) is 6.42 Å². The Morgan fingerprint density at radius 1 is 1.26 bits per heavy atom. The summed E-state index contributed by atoms with van der Waals surface area (Å²) in [5.74, 6) is -0.771. The van der Waals surface area contributed by atoms with Gasteiger partial charge in [0.15, 0.2) is 0 Å². The number of rotatable bonds is 8. The van der Waals surface area contributed by atoms with E-state index in [1.165, 1.54) is 0 Å². The Labute approximate surface area is 124 Å². The molecule has 0 aliphatic carbocycles. The molecule has 3 N–H and O–H groups in total. The van der Waals surface area contributed by atoms with Gasteiger partial charge in [0.25, 0.3) is 0 Å². The molecule has 0 unspecified atom stereocenters. The van der Waals surface area contributed by atoms with Gasteiger partial charge in [-0.2, -0.15) is 0 Å². The molecule has 0 radical (unpaired) electrons. The zero-order valence-corrected chi connectivity index (χ0v) is 12.8. The molecule has 106 valence electrons. The van der Waals surface area contributed by atoms with Crippen molar-refractivity contribution in [2.24, 2.45) is 0 Å². The first-order chi connectivity index (χ1) is 9.09. The summed E-state index contributed by atoms with van der Waals surface area (Å²) in [6.07, 6.45) is 2.45. The van der Waals surface area contributed by atoms with Crippen molar-refractivity contribution in [3.8, 4) is 0 Å². The summed E-state index contributed by atoms with van der Waals surface area (Å²) in [5.41, 5.74) is 0. The molecule has 0 aliphatic rings. The van der Waals surface area contributed by atoms with Crippen LogP contribution in [0.3, 0.4) is 0 Å². The van der Waals surface area contributed by atoms with Gasteiger partial charge in [0.2, 0.25) is 0 Å². The van der Waals surface area contributed by atoms with Gasteiger partial charge in [0, 0.05) is 22.3 Å². The maximum atomic E-state index is 11.5.